The maximum absolute atomic E-state index is 11.7. The summed E-state index contributed by atoms with van der Waals surface area (Å²) in [6, 6.07) is 7.26. The van der Waals surface area contributed by atoms with Crippen LogP contribution in [0.2, 0.25) is 0 Å². The highest BCUT2D eigenvalue weighted by molar-refractivity contribution is 9.10. The quantitative estimate of drug-likeness (QED) is 0.746. The van der Waals surface area contributed by atoms with Crippen molar-refractivity contribution in [3.8, 4) is 5.75 Å². The predicted molar refractivity (Wildman–Crippen MR) is 56.5 cm³/mol. The van der Waals surface area contributed by atoms with E-state index in [1.165, 1.54) is 0 Å². The molecule has 0 aliphatic heterocycles. The highest BCUT2D eigenvalue weighted by Gasteiger charge is 2.01. The van der Waals surface area contributed by atoms with E-state index in [4.69, 9.17) is 4.74 Å². The maximum atomic E-state index is 11.7. The largest absolute Gasteiger partial charge is 0.491 e. The zero-order valence-electron chi connectivity index (χ0n) is 7.96. The van der Waals surface area contributed by atoms with E-state index in [1.54, 1.807) is 12.1 Å². The molecule has 0 amide bonds. The van der Waals surface area contributed by atoms with Crippen LogP contribution in [0.4, 0.5) is 8.78 Å². The van der Waals surface area contributed by atoms with Crippen molar-refractivity contribution in [3.05, 3.63) is 28.7 Å². The van der Waals surface area contributed by atoms with E-state index in [-0.39, 0.29) is 13.2 Å². The number of hydrogen-bond donors (Lipinski definition) is 0. The Morgan fingerprint density at radius 3 is 2.40 bits per heavy atom. The first-order chi connectivity index (χ1) is 7.18. The Bertz CT molecular complexity index is 277. The predicted octanol–water partition coefficient (Wildman–Crippen LogP) is 3.11. The van der Waals surface area contributed by atoms with E-state index in [0.717, 1.165) is 4.47 Å². The zero-order valence-corrected chi connectivity index (χ0v) is 9.54. The average molecular weight is 281 g/mol. The van der Waals surface area contributed by atoms with Crippen molar-refractivity contribution < 1.29 is 18.3 Å². The molecular weight excluding hydrogens is 270 g/mol. The Hall–Kier alpha value is -0.680. The molecule has 1 rings (SSSR count). The second-order valence-electron chi connectivity index (χ2n) is 2.77. The van der Waals surface area contributed by atoms with E-state index in [9.17, 15) is 8.78 Å². The highest BCUT2D eigenvalue weighted by atomic mass is 79.9. The molecule has 1 aromatic carbocycles. The third-order valence-electron chi connectivity index (χ3n) is 1.55. The number of rotatable bonds is 6. The molecule has 0 atom stereocenters. The molecule has 0 bridgehead atoms. The van der Waals surface area contributed by atoms with Crippen molar-refractivity contribution in [1.82, 2.24) is 0 Å². The molecular formula is C10H11BrF2O2. The van der Waals surface area contributed by atoms with Gasteiger partial charge in [-0.25, -0.2) is 8.78 Å². The van der Waals surface area contributed by atoms with E-state index < -0.39 is 13.0 Å². The third-order valence-corrected chi connectivity index (χ3v) is 2.08. The molecule has 0 N–H and O–H groups in total. The summed E-state index contributed by atoms with van der Waals surface area (Å²) in [7, 11) is 0. The van der Waals surface area contributed by atoms with Gasteiger partial charge in [0.1, 0.15) is 19.0 Å². The summed E-state index contributed by atoms with van der Waals surface area (Å²) in [6.07, 6.45) is -2.42. The summed E-state index contributed by atoms with van der Waals surface area (Å²) in [6.45, 7) is -0.0988. The van der Waals surface area contributed by atoms with Gasteiger partial charge in [-0.05, 0) is 24.3 Å². The van der Waals surface area contributed by atoms with Gasteiger partial charge in [0.25, 0.3) is 6.43 Å². The molecule has 0 aliphatic carbocycles. The van der Waals surface area contributed by atoms with E-state index in [0.29, 0.717) is 5.75 Å². The van der Waals surface area contributed by atoms with E-state index in [1.807, 2.05) is 12.1 Å². The van der Waals surface area contributed by atoms with Crippen molar-refractivity contribution in [3.63, 3.8) is 0 Å². The van der Waals surface area contributed by atoms with Crippen LogP contribution >= 0.6 is 15.9 Å². The Morgan fingerprint density at radius 1 is 1.13 bits per heavy atom. The van der Waals surface area contributed by atoms with Crippen LogP contribution in [-0.2, 0) is 4.74 Å². The lowest BCUT2D eigenvalue weighted by atomic mass is 10.3. The molecule has 0 saturated carbocycles. The first-order valence-electron chi connectivity index (χ1n) is 4.43. The second-order valence-corrected chi connectivity index (χ2v) is 3.68. The van der Waals surface area contributed by atoms with Crippen LogP contribution < -0.4 is 4.74 Å². The van der Waals surface area contributed by atoms with Crippen LogP contribution in [0, 0.1) is 0 Å². The van der Waals surface area contributed by atoms with Gasteiger partial charge in [-0.15, -0.1) is 0 Å². The summed E-state index contributed by atoms with van der Waals surface area (Å²) in [5.74, 6) is 0.693. The number of hydrogen-bond acceptors (Lipinski definition) is 2. The molecule has 0 aromatic heterocycles. The minimum atomic E-state index is -2.42. The number of benzene rings is 1. The molecule has 0 heterocycles. The van der Waals surface area contributed by atoms with Crippen LogP contribution in [0.15, 0.2) is 28.7 Å². The van der Waals surface area contributed by atoms with Crippen LogP contribution in [0.3, 0.4) is 0 Å². The van der Waals surface area contributed by atoms with Crippen LogP contribution in [-0.4, -0.2) is 26.2 Å². The fourth-order valence-electron chi connectivity index (χ4n) is 0.922. The Morgan fingerprint density at radius 2 is 1.80 bits per heavy atom. The SMILES string of the molecule is FC(F)COCCOc1ccc(Br)cc1. The van der Waals surface area contributed by atoms with Gasteiger partial charge in [-0.1, -0.05) is 15.9 Å². The summed E-state index contributed by atoms with van der Waals surface area (Å²) in [5.41, 5.74) is 0. The third kappa shape index (κ3) is 5.69. The normalized spacial score (nSPS) is 10.7. The lowest BCUT2D eigenvalue weighted by Gasteiger charge is -2.06. The number of alkyl halides is 2. The summed E-state index contributed by atoms with van der Waals surface area (Å²) < 4.78 is 34.2. The monoisotopic (exact) mass is 280 g/mol. The molecule has 0 fully saturated rings. The van der Waals surface area contributed by atoms with Crippen molar-refractivity contribution in [1.29, 1.82) is 0 Å². The van der Waals surface area contributed by atoms with Gasteiger partial charge in [0.2, 0.25) is 0 Å². The minimum Gasteiger partial charge on any atom is -0.491 e. The van der Waals surface area contributed by atoms with Gasteiger partial charge in [0.05, 0.1) is 6.61 Å². The molecule has 5 heteroatoms. The lowest BCUT2D eigenvalue weighted by Crippen LogP contribution is -2.11. The van der Waals surface area contributed by atoms with Crippen molar-refractivity contribution >= 4 is 15.9 Å². The molecule has 0 radical (unpaired) electrons. The van der Waals surface area contributed by atoms with Crippen LogP contribution in [0.1, 0.15) is 0 Å². The summed E-state index contributed by atoms with van der Waals surface area (Å²) >= 11 is 3.29. The molecule has 0 unspecified atom stereocenters. The van der Waals surface area contributed by atoms with E-state index in [2.05, 4.69) is 20.7 Å². The first-order valence-corrected chi connectivity index (χ1v) is 5.22. The fraction of sp³-hybridized carbons (Fsp3) is 0.400. The Labute approximate surface area is 95.3 Å². The van der Waals surface area contributed by atoms with Crippen LogP contribution in [0.5, 0.6) is 5.75 Å². The van der Waals surface area contributed by atoms with Gasteiger partial charge >= 0.3 is 0 Å². The van der Waals surface area contributed by atoms with Crippen molar-refractivity contribution in [2.75, 3.05) is 19.8 Å². The fourth-order valence-corrected chi connectivity index (χ4v) is 1.19. The van der Waals surface area contributed by atoms with Gasteiger partial charge in [0, 0.05) is 4.47 Å². The zero-order chi connectivity index (χ0) is 11.1. The standard InChI is InChI=1S/C10H11BrF2O2/c11-8-1-3-9(4-2-8)15-6-5-14-7-10(12)13/h1-4,10H,5-7H2. The first kappa shape index (κ1) is 12.4. The Kier molecular flexibility index (Phi) is 5.57. The molecule has 1 aromatic rings. The molecule has 15 heavy (non-hydrogen) atoms. The van der Waals surface area contributed by atoms with Crippen molar-refractivity contribution in [2.24, 2.45) is 0 Å². The van der Waals surface area contributed by atoms with Gasteiger partial charge in [-0.2, -0.15) is 0 Å². The van der Waals surface area contributed by atoms with Crippen LogP contribution in [0.25, 0.3) is 0 Å². The topological polar surface area (TPSA) is 18.5 Å². The number of halogens is 3. The molecule has 0 aliphatic rings. The van der Waals surface area contributed by atoms with Gasteiger partial charge < -0.3 is 9.47 Å². The highest BCUT2D eigenvalue weighted by Crippen LogP contribution is 2.15. The minimum absolute atomic E-state index is 0.167. The van der Waals surface area contributed by atoms with Gasteiger partial charge in [-0.3, -0.25) is 0 Å². The number of ether oxygens (including phenoxy) is 2. The molecule has 84 valence electrons. The maximum Gasteiger partial charge on any atom is 0.261 e. The van der Waals surface area contributed by atoms with E-state index >= 15 is 0 Å². The van der Waals surface area contributed by atoms with Crippen molar-refractivity contribution in [2.45, 2.75) is 6.43 Å². The van der Waals surface area contributed by atoms with Gasteiger partial charge in [0.15, 0.2) is 0 Å². The smallest absolute Gasteiger partial charge is 0.261 e. The Balaban J connectivity index is 2.12. The lowest BCUT2D eigenvalue weighted by molar-refractivity contribution is 0.00763. The molecule has 2 nitrogen and oxygen atoms in total. The summed E-state index contributed by atoms with van der Waals surface area (Å²) in [5, 5.41) is 0. The summed E-state index contributed by atoms with van der Waals surface area (Å²) in [4.78, 5) is 0. The molecule has 0 spiro atoms. The average Bonchev–Trinajstić information content (AvgIpc) is 2.20. The molecule has 0 saturated heterocycles. The second kappa shape index (κ2) is 6.74.